The van der Waals surface area contributed by atoms with Crippen LogP contribution in [0.3, 0.4) is 0 Å². The Hall–Kier alpha value is -1.25. The van der Waals surface area contributed by atoms with Gasteiger partial charge in [-0.1, -0.05) is 63.3 Å². The molecule has 1 aliphatic rings. The first-order chi connectivity index (χ1) is 16.0. The van der Waals surface area contributed by atoms with Crippen LogP contribution >= 0.6 is 0 Å². The van der Waals surface area contributed by atoms with Crippen LogP contribution in [-0.2, 0) is 19.0 Å². The minimum atomic E-state index is -1.42. The van der Waals surface area contributed by atoms with Crippen molar-refractivity contribution in [3.05, 3.63) is 24.3 Å². The predicted octanol–water partition coefficient (Wildman–Crippen LogP) is 4.19. The molecule has 0 saturated carbocycles. The second-order valence-electron chi connectivity index (χ2n) is 8.63. The van der Waals surface area contributed by atoms with E-state index in [-0.39, 0.29) is 19.2 Å². The van der Waals surface area contributed by atoms with Crippen LogP contribution in [0.25, 0.3) is 0 Å². The number of rotatable bonds is 18. The van der Waals surface area contributed by atoms with E-state index in [2.05, 4.69) is 31.2 Å². The van der Waals surface area contributed by atoms with E-state index in [1.54, 1.807) is 6.92 Å². The van der Waals surface area contributed by atoms with Crippen molar-refractivity contribution in [3.8, 4) is 0 Å². The van der Waals surface area contributed by atoms with Crippen LogP contribution < -0.4 is 0 Å². The van der Waals surface area contributed by atoms with E-state index in [4.69, 9.17) is 14.2 Å². The van der Waals surface area contributed by atoms with Gasteiger partial charge in [0, 0.05) is 13.0 Å². The Morgan fingerprint density at radius 3 is 2.12 bits per heavy atom. The van der Waals surface area contributed by atoms with Crippen LogP contribution in [0, 0.1) is 0 Å². The highest BCUT2D eigenvalue weighted by atomic mass is 16.7. The van der Waals surface area contributed by atoms with Gasteiger partial charge < -0.3 is 29.5 Å². The molecule has 0 aliphatic carbocycles. The summed E-state index contributed by atoms with van der Waals surface area (Å²) in [5, 5.41) is 29.8. The lowest BCUT2D eigenvalue weighted by Gasteiger charge is -2.39. The molecule has 1 fully saturated rings. The summed E-state index contributed by atoms with van der Waals surface area (Å²) >= 11 is 0. The van der Waals surface area contributed by atoms with Crippen LogP contribution in [0.15, 0.2) is 24.3 Å². The van der Waals surface area contributed by atoms with Crippen molar-refractivity contribution in [2.75, 3.05) is 13.2 Å². The van der Waals surface area contributed by atoms with Crippen LogP contribution in [-0.4, -0.2) is 65.2 Å². The molecule has 1 unspecified atom stereocenters. The lowest BCUT2D eigenvalue weighted by atomic mass is 9.99. The van der Waals surface area contributed by atoms with Gasteiger partial charge in [0.1, 0.15) is 31.0 Å². The Balaban J connectivity index is 2.03. The molecule has 0 aromatic carbocycles. The average Bonchev–Trinajstić information content (AvgIpc) is 2.81. The number of hydrogen-bond donors (Lipinski definition) is 3. The zero-order chi connectivity index (χ0) is 24.3. The Kier molecular flexibility index (Phi) is 17.2. The third kappa shape index (κ3) is 13.3. The first kappa shape index (κ1) is 29.8. The van der Waals surface area contributed by atoms with E-state index in [9.17, 15) is 20.1 Å². The van der Waals surface area contributed by atoms with Crippen molar-refractivity contribution in [1.82, 2.24) is 0 Å². The van der Waals surface area contributed by atoms with Crippen LogP contribution in [0.4, 0.5) is 0 Å². The van der Waals surface area contributed by atoms with Gasteiger partial charge in [-0.15, -0.1) is 0 Å². The van der Waals surface area contributed by atoms with Gasteiger partial charge in [0.25, 0.3) is 0 Å². The molecule has 192 valence electrons. The average molecular weight is 471 g/mol. The van der Waals surface area contributed by atoms with Crippen molar-refractivity contribution in [3.63, 3.8) is 0 Å². The first-order valence-corrected chi connectivity index (χ1v) is 12.8. The highest BCUT2D eigenvalue weighted by molar-refractivity contribution is 5.69. The maximum Gasteiger partial charge on any atom is 0.305 e. The number of aliphatic hydroxyl groups is 3. The molecule has 0 amide bonds. The third-order valence-corrected chi connectivity index (χ3v) is 5.74. The summed E-state index contributed by atoms with van der Waals surface area (Å²) in [5.74, 6) is -0.356. The lowest BCUT2D eigenvalue weighted by molar-refractivity contribution is -0.300. The predicted molar refractivity (Wildman–Crippen MR) is 129 cm³/mol. The summed E-state index contributed by atoms with van der Waals surface area (Å²) in [5.41, 5.74) is 0. The zero-order valence-corrected chi connectivity index (χ0v) is 20.6. The molecule has 7 nitrogen and oxygen atoms in total. The number of esters is 1. The van der Waals surface area contributed by atoms with Crippen LogP contribution in [0.2, 0.25) is 0 Å². The molecule has 3 N–H and O–H groups in total. The highest BCUT2D eigenvalue weighted by Gasteiger charge is 2.44. The summed E-state index contributed by atoms with van der Waals surface area (Å²) in [6.07, 6.45) is 15.5. The maximum absolute atomic E-state index is 12.0. The van der Waals surface area contributed by atoms with E-state index in [1.807, 2.05) is 0 Å². The van der Waals surface area contributed by atoms with E-state index >= 15 is 0 Å². The van der Waals surface area contributed by atoms with Gasteiger partial charge in [0.2, 0.25) is 0 Å². The van der Waals surface area contributed by atoms with Gasteiger partial charge in [-0.25, -0.2) is 0 Å². The van der Waals surface area contributed by atoms with Crippen molar-refractivity contribution >= 4 is 5.97 Å². The van der Waals surface area contributed by atoms with E-state index in [1.165, 1.54) is 25.7 Å². The molecule has 1 heterocycles. The monoisotopic (exact) mass is 470 g/mol. The molecule has 33 heavy (non-hydrogen) atoms. The van der Waals surface area contributed by atoms with Crippen molar-refractivity contribution in [2.45, 2.75) is 122 Å². The summed E-state index contributed by atoms with van der Waals surface area (Å²) in [6, 6.07) is 0. The second-order valence-corrected chi connectivity index (χ2v) is 8.63. The molecular weight excluding hydrogens is 424 g/mol. The highest BCUT2D eigenvalue weighted by Crippen LogP contribution is 2.22. The van der Waals surface area contributed by atoms with Gasteiger partial charge in [-0.3, -0.25) is 4.79 Å². The molecule has 0 spiro atoms. The molecule has 0 radical (unpaired) electrons. The topological polar surface area (TPSA) is 105 Å². The van der Waals surface area contributed by atoms with E-state index in [0.717, 1.165) is 44.9 Å². The standard InChI is InChI=1S/C26H46O7/c1-3-5-6-7-8-9-10-11-12-13-14-15-16-17-18-19-22(27)32-20-21-23(28)24(29)25(30)26(33-21)31-4-2/h8-9,11-12,21,23-26,28-30H,3-7,10,13-20H2,1-2H3/t21-,23-,24+,25-,26?/m1/s1. The van der Waals surface area contributed by atoms with E-state index < -0.39 is 30.7 Å². The number of unbranched alkanes of at least 4 members (excludes halogenated alkanes) is 8. The number of carbonyl (C=O) groups is 1. The molecule has 5 atom stereocenters. The van der Waals surface area contributed by atoms with Gasteiger partial charge in [0.05, 0.1) is 0 Å². The molecule has 1 rings (SSSR count). The summed E-state index contributed by atoms with van der Waals surface area (Å²) in [6.45, 7) is 4.05. The second kappa shape index (κ2) is 19.1. The Morgan fingerprint density at radius 1 is 0.818 bits per heavy atom. The van der Waals surface area contributed by atoms with Gasteiger partial charge in [-0.2, -0.15) is 0 Å². The van der Waals surface area contributed by atoms with Crippen LogP contribution in [0.1, 0.15) is 90.9 Å². The minimum Gasteiger partial charge on any atom is -0.463 e. The molecule has 0 aromatic heterocycles. The zero-order valence-electron chi connectivity index (χ0n) is 20.6. The molecule has 0 bridgehead atoms. The quantitative estimate of drug-likeness (QED) is 0.157. The number of hydrogen-bond acceptors (Lipinski definition) is 7. The number of allylic oxidation sites excluding steroid dienone is 4. The molecular formula is C26H46O7. The Morgan fingerprint density at radius 2 is 1.45 bits per heavy atom. The summed E-state index contributed by atoms with van der Waals surface area (Å²) in [7, 11) is 0. The third-order valence-electron chi connectivity index (χ3n) is 5.74. The smallest absolute Gasteiger partial charge is 0.305 e. The van der Waals surface area contributed by atoms with Gasteiger partial charge in [0.15, 0.2) is 6.29 Å². The normalized spacial score (nSPS) is 25.8. The Labute approximate surface area is 199 Å². The first-order valence-electron chi connectivity index (χ1n) is 12.8. The van der Waals surface area contributed by atoms with Gasteiger partial charge >= 0.3 is 5.97 Å². The van der Waals surface area contributed by atoms with Crippen molar-refractivity contribution in [2.24, 2.45) is 0 Å². The van der Waals surface area contributed by atoms with Gasteiger partial charge in [-0.05, 0) is 45.4 Å². The minimum absolute atomic E-state index is 0.187. The van der Waals surface area contributed by atoms with Crippen molar-refractivity contribution < 1.29 is 34.3 Å². The molecule has 1 aliphatic heterocycles. The van der Waals surface area contributed by atoms with Crippen LogP contribution in [0.5, 0.6) is 0 Å². The lowest BCUT2D eigenvalue weighted by Crippen LogP contribution is -2.59. The molecule has 0 aromatic rings. The van der Waals surface area contributed by atoms with E-state index in [0.29, 0.717) is 6.42 Å². The molecule has 7 heteroatoms. The van der Waals surface area contributed by atoms with Crippen molar-refractivity contribution in [1.29, 1.82) is 0 Å². The summed E-state index contributed by atoms with van der Waals surface area (Å²) in [4.78, 5) is 12.0. The fourth-order valence-corrected chi connectivity index (χ4v) is 3.68. The fourth-order valence-electron chi connectivity index (χ4n) is 3.68. The number of ether oxygens (including phenoxy) is 3. The number of carbonyl (C=O) groups excluding carboxylic acids is 1. The SMILES string of the molecule is CCCCCC=CCC=CCCCCCCCC(=O)OC[C@H]1OC(OCC)[C@H](O)[C@@H](O)[C@@H]1O. The largest absolute Gasteiger partial charge is 0.463 e. The maximum atomic E-state index is 12.0. The Bertz CT molecular complexity index is 549. The molecule has 1 saturated heterocycles. The number of aliphatic hydroxyl groups excluding tert-OH is 3. The summed E-state index contributed by atoms with van der Waals surface area (Å²) < 4.78 is 15.8. The fraction of sp³-hybridized carbons (Fsp3) is 0.808.